The fraction of sp³-hybridized carbons (Fsp3) is 0.647. The zero-order valence-electron chi connectivity index (χ0n) is 13.3. The lowest BCUT2D eigenvalue weighted by molar-refractivity contribution is 0.131. The summed E-state index contributed by atoms with van der Waals surface area (Å²) in [6.07, 6.45) is 2.18. The van der Waals surface area contributed by atoms with Gasteiger partial charge in [0.2, 0.25) is 0 Å². The van der Waals surface area contributed by atoms with Gasteiger partial charge < -0.3 is 14.8 Å². The van der Waals surface area contributed by atoms with Crippen LogP contribution in [0.4, 0.5) is 0 Å². The van der Waals surface area contributed by atoms with Gasteiger partial charge in [0.05, 0.1) is 7.11 Å². The highest BCUT2D eigenvalue weighted by atomic mass is 16.5. The van der Waals surface area contributed by atoms with E-state index in [4.69, 9.17) is 9.47 Å². The molecule has 1 aromatic rings. The molecule has 1 rings (SSSR count). The van der Waals surface area contributed by atoms with Gasteiger partial charge in [-0.3, -0.25) is 0 Å². The van der Waals surface area contributed by atoms with Crippen LogP contribution >= 0.6 is 0 Å². The van der Waals surface area contributed by atoms with Crippen LogP contribution in [0.3, 0.4) is 0 Å². The quantitative estimate of drug-likeness (QED) is 0.667. The number of ether oxygens (including phenoxy) is 2. The zero-order chi connectivity index (χ0) is 14.8. The Morgan fingerprint density at radius 3 is 2.40 bits per heavy atom. The minimum Gasteiger partial charge on any atom is -0.497 e. The molecule has 0 spiro atoms. The van der Waals surface area contributed by atoms with Crippen LogP contribution in [-0.2, 0) is 11.2 Å². The van der Waals surface area contributed by atoms with Crippen molar-refractivity contribution in [2.75, 3.05) is 26.9 Å². The first-order chi connectivity index (χ1) is 9.65. The van der Waals surface area contributed by atoms with E-state index in [1.54, 1.807) is 7.11 Å². The van der Waals surface area contributed by atoms with E-state index in [0.29, 0.717) is 12.0 Å². The van der Waals surface area contributed by atoms with Gasteiger partial charge in [-0.05, 0) is 49.9 Å². The van der Waals surface area contributed by atoms with E-state index in [-0.39, 0.29) is 0 Å². The highest BCUT2D eigenvalue weighted by Gasteiger charge is 2.10. The summed E-state index contributed by atoms with van der Waals surface area (Å²) in [4.78, 5) is 0. The van der Waals surface area contributed by atoms with Gasteiger partial charge >= 0.3 is 0 Å². The Bertz CT molecular complexity index is 349. The summed E-state index contributed by atoms with van der Waals surface area (Å²) in [5.41, 5.74) is 1.36. The predicted octanol–water partition coefficient (Wildman–Crippen LogP) is 3.28. The number of nitrogens with one attached hydrogen (secondary N) is 1. The molecule has 0 bridgehead atoms. The maximum absolute atomic E-state index is 5.50. The van der Waals surface area contributed by atoms with Crippen LogP contribution in [0.5, 0.6) is 5.75 Å². The fourth-order valence-corrected chi connectivity index (χ4v) is 2.17. The minimum absolute atomic E-state index is 0.528. The topological polar surface area (TPSA) is 30.5 Å². The zero-order valence-corrected chi connectivity index (χ0v) is 13.3. The second-order valence-electron chi connectivity index (χ2n) is 5.47. The monoisotopic (exact) mass is 279 g/mol. The third kappa shape index (κ3) is 6.92. The summed E-state index contributed by atoms with van der Waals surface area (Å²) in [6, 6.07) is 8.90. The Labute approximate surface area is 123 Å². The van der Waals surface area contributed by atoms with Crippen molar-refractivity contribution in [2.45, 2.75) is 39.7 Å². The first-order valence-electron chi connectivity index (χ1n) is 7.59. The SMILES string of the molecule is CCOCCC(CNC(C)C)Cc1ccc(OC)cc1. The number of rotatable bonds is 10. The molecule has 1 atom stereocenters. The lowest BCUT2D eigenvalue weighted by Gasteiger charge is -2.19. The van der Waals surface area contributed by atoms with Crippen molar-refractivity contribution in [3.05, 3.63) is 29.8 Å². The van der Waals surface area contributed by atoms with Crippen molar-refractivity contribution in [3.8, 4) is 5.75 Å². The Balaban J connectivity index is 2.51. The molecule has 3 heteroatoms. The summed E-state index contributed by atoms with van der Waals surface area (Å²) < 4.78 is 10.7. The second kappa shape index (κ2) is 9.78. The summed E-state index contributed by atoms with van der Waals surface area (Å²) >= 11 is 0. The van der Waals surface area contributed by atoms with Crippen LogP contribution in [0, 0.1) is 5.92 Å². The molecule has 1 N–H and O–H groups in total. The fourth-order valence-electron chi connectivity index (χ4n) is 2.17. The lowest BCUT2D eigenvalue weighted by Crippen LogP contribution is -2.30. The third-order valence-corrected chi connectivity index (χ3v) is 3.37. The van der Waals surface area contributed by atoms with Gasteiger partial charge in [-0.2, -0.15) is 0 Å². The van der Waals surface area contributed by atoms with Gasteiger partial charge in [-0.15, -0.1) is 0 Å². The van der Waals surface area contributed by atoms with Crippen molar-refractivity contribution in [2.24, 2.45) is 5.92 Å². The first-order valence-corrected chi connectivity index (χ1v) is 7.59. The van der Waals surface area contributed by atoms with Crippen LogP contribution in [0.1, 0.15) is 32.8 Å². The summed E-state index contributed by atoms with van der Waals surface area (Å²) in [7, 11) is 1.70. The van der Waals surface area contributed by atoms with Crippen LogP contribution in [0.25, 0.3) is 0 Å². The van der Waals surface area contributed by atoms with Crippen LogP contribution in [0.2, 0.25) is 0 Å². The highest BCUT2D eigenvalue weighted by Crippen LogP contribution is 2.16. The van der Waals surface area contributed by atoms with Gasteiger partial charge in [-0.25, -0.2) is 0 Å². The molecule has 0 amide bonds. The van der Waals surface area contributed by atoms with Gasteiger partial charge in [-0.1, -0.05) is 26.0 Å². The van der Waals surface area contributed by atoms with Gasteiger partial charge in [0, 0.05) is 19.3 Å². The first kappa shape index (κ1) is 17.0. The molecule has 0 aliphatic heterocycles. The van der Waals surface area contributed by atoms with Crippen LogP contribution in [0.15, 0.2) is 24.3 Å². The predicted molar refractivity (Wildman–Crippen MR) is 84.4 cm³/mol. The molecule has 114 valence electrons. The molecule has 0 aliphatic carbocycles. The molecular weight excluding hydrogens is 250 g/mol. The van der Waals surface area contributed by atoms with Crippen molar-refractivity contribution in [1.29, 1.82) is 0 Å². The molecule has 0 radical (unpaired) electrons. The Kier molecular flexibility index (Phi) is 8.31. The smallest absolute Gasteiger partial charge is 0.118 e. The van der Waals surface area contributed by atoms with Crippen LogP contribution < -0.4 is 10.1 Å². The maximum atomic E-state index is 5.50. The van der Waals surface area contributed by atoms with Crippen molar-refractivity contribution in [1.82, 2.24) is 5.32 Å². The molecule has 20 heavy (non-hydrogen) atoms. The number of benzene rings is 1. The molecule has 1 unspecified atom stereocenters. The molecule has 1 aromatic carbocycles. The van der Waals surface area contributed by atoms with E-state index in [1.807, 2.05) is 19.1 Å². The van der Waals surface area contributed by atoms with E-state index < -0.39 is 0 Å². The molecule has 0 heterocycles. The highest BCUT2D eigenvalue weighted by molar-refractivity contribution is 5.27. The maximum Gasteiger partial charge on any atom is 0.118 e. The molecule has 0 aliphatic rings. The Morgan fingerprint density at radius 2 is 1.85 bits per heavy atom. The van der Waals surface area contributed by atoms with Gasteiger partial charge in [0.15, 0.2) is 0 Å². The molecule has 3 nitrogen and oxygen atoms in total. The molecular formula is C17H29NO2. The van der Waals surface area contributed by atoms with E-state index in [2.05, 4.69) is 31.3 Å². The van der Waals surface area contributed by atoms with E-state index in [1.165, 1.54) is 5.56 Å². The molecule has 0 saturated heterocycles. The number of hydrogen-bond acceptors (Lipinski definition) is 3. The van der Waals surface area contributed by atoms with Gasteiger partial charge in [0.1, 0.15) is 5.75 Å². The normalized spacial score (nSPS) is 12.7. The van der Waals surface area contributed by atoms with Crippen LogP contribution in [-0.4, -0.2) is 32.9 Å². The standard InChI is InChI=1S/C17H29NO2/c1-5-20-11-10-16(13-18-14(2)3)12-15-6-8-17(19-4)9-7-15/h6-9,14,16,18H,5,10-13H2,1-4H3. The Morgan fingerprint density at radius 1 is 1.15 bits per heavy atom. The number of hydrogen-bond donors (Lipinski definition) is 1. The minimum atomic E-state index is 0.528. The lowest BCUT2D eigenvalue weighted by atomic mass is 9.96. The van der Waals surface area contributed by atoms with Crippen molar-refractivity contribution < 1.29 is 9.47 Å². The summed E-state index contributed by atoms with van der Waals surface area (Å²) in [5.74, 6) is 1.53. The molecule has 0 fully saturated rings. The van der Waals surface area contributed by atoms with E-state index >= 15 is 0 Å². The van der Waals surface area contributed by atoms with E-state index in [0.717, 1.165) is 38.3 Å². The second-order valence-corrected chi connectivity index (χ2v) is 5.47. The summed E-state index contributed by atoms with van der Waals surface area (Å²) in [6.45, 7) is 9.10. The molecule has 0 aromatic heterocycles. The average Bonchev–Trinajstić information content (AvgIpc) is 2.45. The molecule has 0 saturated carbocycles. The number of methoxy groups -OCH3 is 1. The van der Waals surface area contributed by atoms with Crippen molar-refractivity contribution >= 4 is 0 Å². The van der Waals surface area contributed by atoms with Crippen molar-refractivity contribution in [3.63, 3.8) is 0 Å². The van der Waals surface area contributed by atoms with Gasteiger partial charge in [0.25, 0.3) is 0 Å². The summed E-state index contributed by atoms with van der Waals surface area (Å²) in [5, 5.41) is 3.54. The average molecular weight is 279 g/mol. The van der Waals surface area contributed by atoms with E-state index in [9.17, 15) is 0 Å². The largest absolute Gasteiger partial charge is 0.497 e. The third-order valence-electron chi connectivity index (χ3n) is 3.37. The Hall–Kier alpha value is -1.06.